The van der Waals surface area contributed by atoms with Crippen molar-refractivity contribution >= 4 is 11.6 Å². The lowest BCUT2D eigenvalue weighted by Gasteiger charge is -2.14. The molecule has 0 aliphatic rings. The third-order valence-corrected chi connectivity index (χ3v) is 3.09. The standard InChI is InChI=1S/C14H12ClF2NO/c1-19-13-6-8(2-3-12(13)15)14(18)9-4-10(16)7-11(17)5-9/h2-7,14H,18H2,1H3. The molecular weight excluding hydrogens is 272 g/mol. The lowest BCUT2D eigenvalue weighted by Crippen LogP contribution is -2.12. The first kappa shape index (κ1) is 13.8. The predicted molar refractivity (Wildman–Crippen MR) is 70.4 cm³/mol. The molecular formula is C14H12ClF2NO. The summed E-state index contributed by atoms with van der Waals surface area (Å²) in [6.07, 6.45) is 0. The summed E-state index contributed by atoms with van der Waals surface area (Å²) in [7, 11) is 1.48. The van der Waals surface area contributed by atoms with E-state index >= 15 is 0 Å². The summed E-state index contributed by atoms with van der Waals surface area (Å²) in [6.45, 7) is 0. The molecule has 0 radical (unpaired) electrons. The molecule has 0 bridgehead atoms. The zero-order valence-electron chi connectivity index (χ0n) is 10.2. The van der Waals surface area contributed by atoms with Crippen LogP contribution < -0.4 is 10.5 Å². The second-order valence-corrected chi connectivity index (χ2v) is 4.48. The summed E-state index contributed by atoms with van der Waals surface area (Å²) in [6, 6.07) is 7.53. The Bertz CT molecular complexity index is 584. The van der Waals surface area contributed by atoms with Gasteiger partial charge in [0.2, 0.25) is 0 Å². The maximum Gasteiger partial charge on any atom is 0.137 e. The van der Waals surface area contributed by atoms with E-state index in [1.807, 2.05) is 0 Å². The number of rotatable bonds is 3. The summed E-state index contributed by atoms with van der Waals surface area (Å²) >= 11 is 5.91. The Hall–Kier alpha value is -1.65. The topological polar surface area (TPSA) is 35.2 Å². The highest BCUT2D eigenvalue weighted by Gasteiger charge is 2.13. The van der Waals surface area contributed by atoms with E-state index in [0.29, 0.717) is 21.9 Å². The molecule has 0 aliphatic carbocycles. The van der Waals surface area contributed by atoms with Crippen molar-refractivity contribution in [3.63, 3.8) is 0 Å². The molecule has 1 atom stereocenters. The quantitative estimate of drug-likeness (QED) is 0.933. The summed E-state index contributed by atoms with van der Waals surface area (Å²) in [4.78, 5) is 0. The highest BCUT2D eigenvalue weighted by molar-refractivity contribution is 6.32. The van der Waals surface area contributed by atoms with Crippen molar-refractivity contribution in [2.75, 3.05) is 7.11 Å². The van der Waals surface area contributed by atoms with E-state index in [0.717, 1.165) is 6.07 Å². The number of hydrogen-bond acceptors (Lipinski definition) is 2. The summed E-state index contributed by atoms with van der Waals surface area (Å²) in [5.74, 6) is -0.857. The third kappa shape index (κ3) is 3.03. The molecule has 0 fully saturated rings. The van der Waals surface area contributed by atoms with Crippen LogP contribution in [0.1, 0.15) is 17.2 Å². The van der Waals surface area contributed by atoms with Gasteiger partial charge in [-0.2, -0.15) is 0 Å². The van der Waals surface area contributed by atoms with Gasteiger partial charge in [0, 0.05) is 6.07 Å². The summed E-state index contributed by atoms with van der Waals surface area (Å²) in [5, 5.41) is 0.448. The molecule has 2 rings (SSSR count). The zero-order chi connectivity index (χ0) is 14.0. The maximum absolute atomic E-state index is 13.2. The first-order valence-corrected chi connectivity index (χ1v) is 5.94. The third-order valence-electron chi connectivity index (χ3n) is 2.78. The van der Waals surface area contributed by atoms with Crippen molar-refractivity contribution in [3.05, 3.63) is 64.2 Å². The predicted octanol–water partition coefficient (Wildman–Crippen LogP) is 3.67. The van der Waals surface area contributed by atoms with Crippen LogP contribution in [0.25, 0.3) is 0 Å². The van der Waals surface area contributed by atoms with Crippen molar-refractivity contribution in [2.24, 2.45) is 5.73 Å². The molecule has 0 aromatic heterocycles. The van der Waals surface area contributed by atoms with E-state index < -0.39 is 17.7 Å². The van der Waals surface area contributed by atoms with Crippen LogP contribution in [0, 0.1) is 11.6 Å². The molecule has 100 valence electrons. The van der Waals surface area contributed by atoms with Crippen molar-refractivity contribution < 1.29 is 13.5 Å². The first-order valence-electron chi connectivity index (χ1n) is 5.56. The lowest BCUT2D eigenvalue weighted by molar-refractivity contribution is 0.414. The Balaban J connectivity index is 2.40. The molecule has 0 saturated carbocycles. The largest absolute Gasteiger partial charge is 0.495 e. The molecule has 19 heavy (non-hydrogen) atoms. The van der Waals surface area contributed by atoms with Gasteiger partial charge in [-0.3, -0.25) is 0 Å². The summed E-state index contributed by atoms with van der Waals surface area (Å²) in [5.41, 5.74) is 7.00. The molecule has 2 aromatic rings. The summed E-state index contributed by atoms with van der Waals surface area (Å²) < 4.78 is 31.4. The molecule has 1 unspecified atom stereocenters. The molecule has 0 saturated heterocycles. The minimum atomic E-state index is -0.661. The molecule has 0 amide bonds. The van der Waals surface area contributed by atoms with Gasteiger partial charge < -0.3 is 10.5 Å². The minimum absolute atomic E-state index is 0.349. The Morgan fingerprint density at radius 2 is 1.68 bits per heavy atom. The molecule has 0 aliphatic heterocycles. The number of ether oxygens (including phenoxy) is 1. The number of benzene rings is 2. The van der Waals surface area contributed by atoms with Crippen molar-refractivity contribution in [1.29, 1.82) is 0 Å². The normalized spacial score (nSPS) is 12.3. The molecule has 2 N–H and O–H groups in total. The van der Waals surface area contributed by atoms with Crippen molar-refractivity contribution in [1.82, 2.24) is 0 Å². The average molecular weight is 284 g/mol. The van der Waals surface area contributed by atoms with E-state index in [4.69, 9.17) is 22.1 Å². The van der Waals surface area contributed by atoms with Crippen molar-refractivity contribution in [3.8, 4) is 5.75 Å². The van der Waals surface area contributed by atoms with E-state index in [1.54, 1.807) is 18.2 Å². The van der Waals surface area contributed by atoms with Gasteiger partial charge in [0.1, 0.15) is 17.4 Å². The van der Waals surface area contributed by atoms with Gasteiger partial charge in [0.05, 0.1) is 18.2 Å². The molecule has 2 aromatic carbocycles. The SMILES string of the molecule is COc1cc(C(N)c2cc(F)cc(F)c2)ccc1Cl. The van der Waals surface area contributed by atoms with Gasteiger partial charge in [0.15, 0.2) is 0 Å². The van der Waals surface area contributed by atoms with Crippen LogP contribution in [0.5, 0.6) is 5.75 Å². The van der Waals surface area contributed by atoms with E-state index in [-0.39, 0.29) is 0 Å². The van der Waals surface area contributed by atoms with Gasteiger partial charge >= 0.3 is 0 Å². The highest BCUT2D eigenvalue weighted by Crippen LogP contribution is 2.29. The number of hydrogen-bond donors (Lipinski definition) is 1. The monoisotopic (exact) mass is 283 g/mol. The van der Waals surface area contributed by atoms with Gasteiger partial charge in [-0.15, -0.1) is 0 Å². The molecule has 0 spiro atoms. The second-order valence-electron chi connectivity index (χ2n) is 4.07. The van der Waals surface area contributed by atoms with Crippen LogP contribution in [0.4, 0.5) is 8.78 Å². The van der Waals surface area contributed by atoms with Crippen LogP contribution >= 0.6 is 11.6 Å². The van der Waals surface area contributed by atoms with Crippen LogP contribution in [0.3, 0.4) is 0 Å². The fraction of sp³-hybridized carbons (Fsp3) is 0.143. The lowest BCUT2D eigenvalue weighted by atomic mass is 9.99. The second kappa shape index (κ2) is 5.55. The zero-order valence-corrected chi connectivity index (χ0v) is 10.9. The van der Waals surface area contributed by atoms with Crippen molar-refractivity contribution in [2.45, 2.75) is 6.04 Å². The van der Waals surface area contributed by atoms with E-state index in [2.05, 4.69) is 0 Å². The van der Waals surface area contributed by atoms with Gasteiger partial charge in [-0.1, -0.05) is 17.7 Å². The Kier molecular flexibility index (Phi) is 4.02. The fourth-order valence-corrected chi connectivity index (χ4v) is 2.01. The van der Waals surface area contributed by atoms with Crippen LogP contribution in [0.2, 0.25) is 5.02 Å². The Labute approximate surface area is 114 Å². The van der Waals surface area contributed by atoms with E-state index in [1.165, 1.54) is 19.2 Å². The molecule has 0 heterocycles. The number of methoxy groups -OCH3 is 1. The smallest absolute Gasteiger partial charge is 0.137 e. The van der Waals surface area contributed by atoms with Crippen LogP contribution in [0.15, 0.2) is 36.4 Å². The molecule has 5 heteroatoms. The maximum atomic E-state index is 13.2. The number of nitrogens with two attached hydrogens (primary N) is 1. The van der Waals surface area contributed by atoms with E-state index in [9.17, 15) is 8.78 Å². The molecule has 2 nitrogen and oxygen atoms in total. The van der Waals surface area contributed by atoms with Crippen LogP contribution in [-0.2, 0) is 0 Å². The highest BCUT2D eigenvalue weighted by atomic mass is 35.5. The van der Waals surface area contributed by atoms with Crippen LogP contribution in [-0.4, -0.2) is 7.11 Å². The number of halogens is 3. The average Bonchev–Trinajstić information content (AvgIpc) is 2.37. The van der Waals surface area contributed by atoms with Gasteiger partial charge in [-0.05, 0) is 35.4 Å². The Morgan fingerprint density at radius 3 is 2.26 bits per heavy atom. The Morgan fingerprint density at radius 1 is 1.05 bits per heavy atom. The first-order chi connectivity index (χ1) is 9.01. The van der Waals surface area contributed by atoms with Gasteiger partial charge in [0.25, 0.3) is 0 Å². The minimum Gasteiger partial charge on any atom is -0.495 e. The van der Waals surface area contributed by atoms with Gasteiger partial charge in [-0.25, -0.2) is 8.78 Å². The fourth-order valence-electron chi connectivity index (χ4n) is 1.82.